The molecule has 0 saturated heterocycles. The van der Waals surface area contributed by atoms with E-state index in [4.69, 9.17) is 16.3 Å². The van der Waals surface area contributed by atoms with Crippen LogP contribution in [0, 0.1) is 0 Å². The summed E-state index contributed by atoms with van der Waals surface area (Å²) in [6, 6.07) is 7.98. The van der Waals surface area contributed by atoms with E-state index in [1.54, 1.807) is 13.2 Å². The van der Waals surface area contributed by atoms with Crippen LogP contribution in [0.2, 0.25) is 5.02 Å². The average molecular weight is 344 g/mol. The van der Waals surface area contributed by atoms with Crippen molar-refractivity contribution in [3.8, 4) is 5.75 Å². The van der Waals surface area contributed by atoms with Crippen LogP contribution in [0.25, 0.3) is 11.0 Å². The molecule has 1 saturated carbocycles. The fourth-order valence-electron chi connectivity index (χ4n) is 2.73. The number of ether oxygens (including phenoxy) is 1. The zero-order valence-electron chi connectivity index (χ0n) is 13.3. The van der Waals surface area contributed by atoms with Gasteiger partial charge in [0.25, 0.3) is 0 Å². The number of hydrogen-bond acceptors (Lipinski definition) is 5. The number of anilines is 3. The lowest BCUT2D eigenvalue weighted by Gasteiger charge is -2.27. The minimum atomic E-state index is 0.501. The molecule has 2 aromatic heterocycles. The van der Waals surface area contributed by atoms with Gasteiger partial charge in [0, 0.05) is 17.9 Å². The van der Waals surface area contributed by atoms with E-state index in [1.165, 1.54) is 19.3 Å². The summed E-state index contributed by atoms with van der Waals surface area (Å²) in [7, 11) is 1.59. The smallest absolute Gasteiger partial charge is 0.231 e. The second-order valence-corrected chi connectivity index (χ2v) is 6.29. The zero-order valence-corrected chi connectivity index (χ0v) is 14.0. The Bertz CT molecular complexity index is 875. The van der Waals surface area contributed by atoms with Crippen LogP contribution in [0.5, 0.6) is 5.75 Å². The van der Waals surface area contributed by atoms with Crippen LogP contribution >= 0.6 is 11.6 Å². The van der Waals surface area contributed by atoms with Crippen molar-refractivity contribution in [2.24, 2.45) is 0 Å². The number of hydrogen-bond donors (Lipinski definition) is 3. The molecule has 0 radical (unpaired) electrons. The molecule has 0 amide bonds. The molecule has 1 aliphatic carbocycles. The van der Waals surface area contributed by atoms with Gasteiger partial charge in [-0.2, -0.15) is 9.97 Å². The number of fused-ring (bicyclic) bond motifs is 1. The highest BCUT2D eigenvalue weighted by Gasteiger charge is 2.19. The summed E-state index contributed by atoms with van der Waals surface area (Å²) >= 11 is 6.18. The lowest BCUT2D eigenvalue weighted by Crippen LogP contribution is -2.27. The van der Waals surface area contributed by atoms with Gasteiger partial charge < -0.3 is 20.4 Å². The first-order valence-corrected chi connectivity index (χ1v) is 8.33. The number of halogens is 1. The van der Waals surface area contributed by atoms with Crippen LogP contribution in [-0.2, 0) is 0 Å². The summed E-state index contributed by atoms with van der Waals surface area (Å²) < 4.78 is 5.17. The summed E-state index contributed by atoms with van der Waals surface area (Å²) in [5, 5.41) is 8.25. The van der Waals surface area contributed by atoms with Crippen molar-refractivity contribution >= 4 is 40.1 Å². The largest absolute Gasteiger partial charge is 0.495 e. The number of H-pyrrole nitrogens is 1. The molecule has 3 N–H and O–H groups in total. The van der Waals surface area contributed by atoms with Crippen molar-refractivity contribution in [2.45, 2.75) is 25.3 Å². The molecule has 2 heterocycles. The summed E-state index contributed by atoms with van der Waals surface area (Å²) in [5.41, 5.74) is 1.61. The van der Waals surface area contributed by atoms with E-state index < -0.39 is 0 Å². The van der Waals surface area contributed by atoms with Crippen molar-refractivity contribution in [2.75, 3.05) is 17.7 Å². The Morgan fingerprint density at radius 1 is 1.25 bits per heavy atom. The van der Waals surface area contributed by atoms with Crippen LogP contribution in [0.4, 0.5) is 17.5 Å². The maximum absolute atomic E-state index is 6.18. The molecular weight excluding hydrogens is 326 g/mol. The molecule has 0 spiro atoms. The molecule has 24 heavy (non-hydrogen) atoms. The molecule has 3 aromatic rings. The SMILES string of the molecule is COc1ccc(Nc2nc(NC3CCC3)c3cc[nH]c3n2)cc1Cl. The third-order valence-electron chi connectivity index (χ3n) is 4.27. The highest BCUT2D eigenvalue weighted by Crippen LogP contribution is 2.30. The van der Waals surface area contributed by atoms with E-state index in [2.05, 4.69) is 25.6 Å². The van der Waals surface area contributed by atoms with Crippen LogP contribution < -0.4 is 15.4 Å². The first-order chi connectivity index (χ1) is 11.7. The van der Waals surface area contributed by atoms with Gasteiger partial charge in [-0.05, 0) is 43.5 Å². The summed E-state index contributed by atoms with van der Waals surface area (Å²) in [6.45, 7) is 0. The monoisotopic (exact) mass is 343 g/mol. The first-order valence-electron chi connectivity index (χ1n) is 7.95. The van der Waals surface area contributed by atoms with E-state index in [0.717, 1.165) is 22.5 Å². The van der Waals surface area contributed by atoms with Crippen molar-refractivity contribution in [1.29, 1.82) is 0 Å². The molecular formula is C17H18ClN5O. The molecule has 7 heteroatoms. The topological polar surface area (TPSA) is 74.9 Å². The normalized spacial score (nSPS) is 14.4. The van der Waals surface area contributed by atoms with Crippen LogP contribution in [0.1, 0.15) is 19.3 Å². The van der Waals surface area contributed by atoms with Gasteiger partial charge >= 0.3 is 0 Å². The van der Waals surface area contributed by atoms with Crippen LogP contribution in [0.15, 0.2) is 30.5 Å². The van der Waals surface area contributed by atoms with Gasteiger partial charge in [-0.1, -0.05) is 11.6 Å². The van der Waals surface area contributed by atoms with Gasteiger partial charge in [-0.3, -0.25) is 0 Å². The van der Waals surface area contributed by atoms with E-state index in [0.29, 0.717) is 22.8 Å². The quantitative estimate of drug-likeness (QED) is 0.643. The molecule has 6 nitrogen and oxygen atoms in total. The third kappa shape index (κ3) is 2.85. The maximum atomic E-state index is 6.18. The summed E-state index contributed by atoms with van der Waals surface area (Å²) in [5.74, 6) is 2.01. The highest BCUT2D eigenvalue weighted by atomic mass is 35.5. The maximum Gasteiger partial charge on any atom is 0.231 e. The first kappa shape index (κ1) is 15.1. The Morgan fingerprint density at radius 2 is 2.12 bits per heavy atom. The zero-order chi connectivity index (χ0) is 16.5. The van der Waals surface area contributed by atoms with Gasteiger partial charge in [-0.15, -0.1) is 0 Å². The third-order valence-corrected chi connectivity index (χ3v) is 4.57. The molecule has 4 rings (SSSR count). The van der Waals surface area contributed by atoms with E-state index >= 15 is 0 Å². The van der Waals surface area contributed by atoms with Gasteiger partial charge in [0.15, 0.2) is 0 Å². The number of methoxy groups -OCH3 is 1. The molecule has 0 aliphatic heterocycles. The van der Waals surface area contributed by atoms with Gasteiger partial charge in [-0.25, -0.2) is 0 Å². The number of benzene rings is 1. The van der Waals surface area contributed by atoms with Crippen molar-refractivity contribution in [3.63, 3.8) is 0 Å². The number of aromatic amines is 1. The van der Waals surface area contributed by atoms with Crippen LogP contribution in [0.3, 0.4) is 0 Å². The summed E-state index contributed by atoms with van der Waals surface area (Å²) in [6.07, 6.45) is 5.52. The fourth-order valence-corrected chi connectivity index (χ4v) is 2.98. The van der Waals surface area contributed by atoms with E-state index in [-0.39, 0.29) is 0 Å². The number of aromatic nitrogens is 3. The van der Waals surface area contributed by atoms with Crippen molar-refractivity contribution in [3.05, 3.63) is 35.5 Å². The van der Waals surface area contributed by atoms with E-state index in [1.807, 2.05) is 24.4 Å². The average Bonchev–Trinajstić information content (AvgIpc) is 2.99. The predicted molar refractivity (Wildman–Crippen MR) is 96.4 cm³/mol. The summed E-state index contributed by atoms with van der Waals surface area (Å²) in [4.78, 5) is 12.3. The van der Waals surface area contributed by atoms with Gasteiger partial charge in [0.2, 0.25) is 5.95 Å². The minimum Gasteiger partial charge on any atom is -0.495 e. The minimum absolute atomic E-state index is 0.501. The Labute approximate surface area is 144 Å². The number of nitrogens with zero attached hydrogens (tertiary/aromatic N) is 2. The molecule has 0 atom stereocenters. The molecule has 124 valence electrons. The predicted octanol–water partition coefficient (Wildman–Crippen LogP) is 4.33. The number of nitrogens with one attached hydrogen (secondary N) is 3. The van der Waals surface area contributed by atoms with Gasteiger partial charge in [0.05, 0.1) is 17.5 Å². The second kappa shape index (κ2) is 6.20. The molecule has 1 fully saturated rings. The molecule has 1 aliphatic rings. The molecule has 0 unspecified atom stereocenters. The number of rotatable bonds is 5. The molecule has 0 bridgehead atoms. The highest BCUT2D eigenvalue weighted by molar-refractivity contribution is 6.32. The Hall–Kier alpha value is -2.47. The van der Waals surface area contributed by atoms with E-state index in [9.17, 15) is 0 Å². The van der Waals surface area contributed by atoms with Crippen molar-refractivity contribution in [1.82, 2.24) is 15.0 Å². The Morgan fingerprint density at radius 3 is 2.83 bits per heavy atom. The standard InChI is InChI=1S/C17H18ClN5O/c1-24-14-6-5-11(9-13(14)18)21-17-22-15-12(7-8-19-15)16(23-17)20-10-3-2-4-10/h5-10H,2-4H2,1H3,(H3,19,20,21,22,23). The lowest BCUT2D eigenvalue weighted by molar-refractivity contribution is 0.415. The van der Waals surface area contributed by atoms with Crippen molar-refractivity contribution < 1.29 is 4.74 Å². The fraction of sp³-hybridized carbons (Fsp3) is 0.294. The Kier molecular flexibility index (Phi) is 3.90. The second-order valence-electron chi connectivity index (χ2n) is 5.88. The Balaban J connectivity index is 1.64. The molecule has 1 aromatic carbocycles. The van der Waals surface area contributed by atoms with Gasteiger partial charge in [0.1, 0.15) is 17.2 Å². The lowest BCUT2D eigenvalue weighted by atomic mass is 9.93. The van der Waals surface area contributed by atoms with Crippen LogP contribution in [-0.4, -0.2) is 28.1 Å².